The Morgan fingerprint density at radius 3 is 2.61 bits per heavy atom. The van der Waals surface area contributed by atoms with Crippen molar-refractivity contribution in [3.05, 3.63) is 58.3 Å². The lowest BCUT2D eigenvalue weighted by molar-refractivity contribution is -0.124. The quantitative estimate of drug-likeness (QED) is 0.132. The van der Waals surface area contributed by atoms with E-state index in [0.29, 0.717) is 31.2 Å². The normalized spacial score (nSPS) is 11.9. The Morgan fingerprint density at radius 2 is 1.97 bits per heavy atom. The number of anilines is 1. The number of rotatable bonds is 12. The molecule has 13 heteroatoms. The Hall–Kier alpha value is -3.74. The molecule has 2 rings (SSSR count). The van der Waals surface area contributed by atoms with Crippen molar-refractivity contribution in [2.24, 2.45) is 16.5 Å². The van der Waals surface area contributed by atoms with Gasteiger partial charge in [-0.1, -0.05) is 30.3 Å². The Kier molecular flexibility index (Phi) is 9.09. The molecule has 0 aliphatic carbocycles. The average molecular weight is 478 g/mol. The number of guanidine groups is 1. The molecule has 0 aliphatic rings. The van der Waals surface area contributed by atoms with E-state index in [1.807, 2.05) is 0 Å². The summed E-state index contributed by atoms with van der Waals surface area (Å²) in [5.41, 5.74) is 10.00. The standard InChI is InChI=1S/C20H27N7O5S/c1-14-24-10-17(26-33(31,32)13-15-6-3-2-4-7-15)19(30)27(14)11-18(29)25-16(12-28)8-5-9-23-20(21)22/h2-4,6-7,10,12,16,26H,5,8-9,11,13H2,1H3,(H,25,29)(H4,21,22,23). The summed E-state index contributed by atoms with van der Waals surface area (Å²) < 4.78 is 28.2. The maximum Gasteiger partial charge on any atom is 0.278 e. The first-order chi connectivity index (χ1) is 15.6. The van der Waals surface area contributed by atoms with Gasteiger partial charge in [0.15, 0.2) is 5.96 Å². The van der Waals surface area contributed by atoms with Gasteiger partial charge < -0.3 is 21.6 Å². The average Bonchev–Trinajstić information content (AvgIpc) is 2.75. The van der Waals surface area contributed by atoms with E-state index in [-0.39, 0.29) is 23.2 Å². The molecule has 6 N–H and O–H groups in total. The lowest BCUT2D eigenvalue weighted by Gasteiger charge is -2.15. The summed E-state index contributed by atoms with van der Waals surface area (Å²) in [6.07, 6.45) is 2.44. The number of amides is 1. The molecule has 1 amide bonds. The maximum absolute atomic E-state index is 12.8. The molecule has 1 heterocycles. The second-order valence-electron chi connectivity index (χ2n) is 7.22. The molecule has 1 aromatic heterocycles. The van der Waals surface area contributed by atoms with Crippen molar-refractivity contribution in [2.45, 2.75) is 38.1 Å². The zero-order chi connectivity index (χ0) is 24.4. The SMILES string of the molecule is Cc1ncc(NS(=O)(=O)Cc2ccccc2)c(=O)n1CC(=O)NC(C=O)CCCN=C(N)N. The molecule has 0 saturated heterocycles. The molecule has 12 nitrogen and oxygen atoms in total. The molecule has 0 bridgehead atoms. The summed E-state index contributed by atoms with van der Waals surface area (Å²) in [4.78, 5) is 44.3. The Balaban J connectivity index is 2.07. The van der Waals surface area contributed by atoms with Gasteiger partial charge in [-0.2, -0.15) is 0 Å². The second-order valence-corrected chi connectivity index (χ2v) is 8.94. The molecule has 1 aromatic carbocycles. The van der Waals surface area contributed by atoms with Gasteiger partial charge in [0.25, 0.3) is 5.56 Å². The van der Waals surface area contributed by atoms with Gasteiger partial charge in [0.05, 0.1) is 18.0 Å². The van der Waals surface area contributed by atoms with Crippen molar-refractivity contribution in [3.63, 3.8) is 0 Å². The lowest BCUT2D eigenvalue weighted by atomic mass is 10.2. The third-order valence-corrected chi connectivity index (χ3v) is 5.74. The molecule has 0 fully saturated rings. The van der Waals surface area contributed by atoms with Gasteiger partial charge in [-0.25, -0.2) is 13.4 Å². The van der Waals surface area contributed by atoms with Crippen LogP contribution >= 0.6 is 0 Å². The van der Waals surface area contributed by atoms with E-state index in [1.165, 1.54) is 6.92 Å². The molecule has 33 heavy (non-hydrogen) atoms. The number of nitrogens with two attached hydrogens (primary N) is 2. The minimum absolute atomic E-state index is 0.0664. The monoisotopic (exact) mass is 477 g/mol. The number of nitrogens with one attached hydrogen (secondary N) is 2. The fourth-order valence-electron chi connectivity index (χ4n) is 2.92. The molecule has 178 valence electrons. The van der Waals surface area contributed by atoms with Crippen LogP contribution in [0.1, 0.15) is 24.2 Å². The van der Waals surface area contributed by atoms with Crippen LogP contribution in [-0.2, 0) is 31.9 Å². The number of carbonyl (C=O) groups is 2. The Bertz CT molecular complexity index is 1160. The van der Waals surface area contributed by atoms with Crippen molar-refractivity contribution in [1.82, 2.24) is 14.9 Å². The molecule has 1 unspecified atom stereocenters. The maximum atomic E-state index is 12.8. The third-order valence-electron chi connectivity index (χ3n) is 4.49. The van der Waals surface area contributed by atoms with E-state index in [2.05, 4.69) is 20.0 Å². The van der Waals surface area contributed by atoms with Gasteiger partial charge in [0.1, 0.15) is 24.3 Å². The number of aliphatic imine (C=N–C) groups is 1. The number of benzene rings is 1. The number of nitrogens with zero attached hydrogens (tertiary/aromatic N) is 3. The first-order valence-electron chi connectivity index (χ1n) is 10.0. The molecular weight excluding hydrogens is 450 g/mol. The van der Waals surface area contributed by atoms with Crippen molar-refractivity contribution in [1.29, 1.82) is 0 Å². The van der Waals surface area contributed by atoms with Crippen molar-refractivity contribution in [3.8, 4) is 0 Å². The van der Waals surface area contributed by atoms with Crippen molar-refractivity contribution in [2.75, 3.05) is 11.3 Å². The number of hydrogen-bond donors (Lipinski definition) is 4. The van der Waals surface area contributed by atoms with E-state index >= 15 is 0 Å². The van der Waals surface area contributed by atoms with Crippen LogP contribution in [0.15, 0.2) is 46.3 Å². The molecular formula is C20H27N7O5S. The topological polar surface area (TPSA) is 192 Å². The van der Waals surface area contributed by atoms with E-state index in [9.17, 15) is 22.8 Å². The van der Waals surface area contributed by atoms with Crippen molar-refractivity contribution < 1.29 is 18.0 Å². The van der Waals surface area contributed by atoms with Gasteiger partial charge in [-0.3, -0.25) is 23.9 Å². The largest absolute Gasteiger partial charge is 0.370 e. The smallest absolute Gasteiger partial charge is 0.278 e. The van der Waals surface area contributed by atoms with Crippen LogP contribution in [-0.4, -0.2) is 48.7 Å². The highest BCUT2D eigenvalue weighted by Crippen LogP contribution is 2.09. The molecule has 0 saturated carbocycles. The Labute approximate surface area is 191 Å². The molecule has 0 aliphatic heterocycles. The summed E-state index contributed by atoms with van der Waals surface area (Å²) in [6, 6.07) is 7.68. The van der Waals surface area contributed by atoms with Gasteiger partial charge in [-0.15, -0.1) is 0 Å². The summed E-state index contributed by atoms with van der Waals surface area (Å²) >= 11 is 0. The van der Waals surface area contributed by atoms with Gasteiger partial charge in [-0.05, 0) is 25.3 Å². The number of aldehydes is 1. The van der Waals surface area contributed by atoms with E-state index in [1.54, 1.807) is 30.3 Å². The van der Waals surface area contributed by atoms with Crippen LogP contribution in [0.25, 0.3) is 0 Å². The first-order valence-corrected chi connectivity index (χ1v) is 11.7. The van der Waals surface area contributed by atoms with E-state index in [0.717, 1.165) is 10.8 Å². The highest BCUT2D eigenvalue weighted by molar-refractivity contribution is 7.91. The fraction of sp³-hybridized carbons (Fsp3) is 0.350. The third kappa shape index (κ3) is 8.37. The lowest BCUT2D eigenvalue weighted by Crippen LogP contribution is -2.41. The summed E-state index contributed by atoms with van der Waals surface area (Å²) in [6.45, 7) is 1.36. The number of aromatic nitrogens is 2. The second kappa shape index (κ2) is 11.8. The minimum Gasteiger partial charge on any atom is -0.370 e. The molecule has 2 aromatic rings. The highest BCUT2D eigenvalue weighted by Gasteiger charge is 2.18. The fourth-order valence-corrected chi connectivity index (χ4v) is 4.10. The Morgan fingerprint density at radius 1 is 1.27 bits per heavy atom. The van der Waals surface area contributed by atoms with E-state index in [4.69, 9.17) is 11.5 Å². The minimum atomic E-state index is -3.89. The van der Waals surface area contributed by atoms with Gasteiger partial charge in [0.2, 0.25) is 15.9 Å². The highest BCUT2D eigenvalue weighted by atomic mass is 32.2. The summed E-state index contributed by atoms with van der Waals surface area (Å²) in [5.74, 6) is -0.798. The summed E-state index contributed by atoms with van der Waals surface area (Å²) in [5, 5.41) is 2.51. The predicted molar refractivity (Wildman–Crippen MR) is 124 cm³/mol. The van der Waals surface area contributed by atoms with E-state index < -0.39 is 34.1 Å². The molecule has 1 atom stereocenters. The first kappa shape index (κ1) is 25.5. The van der Waals surface area contributed by atoms with Gasteiger partial charge in [0, 0.05) is 6.54 Å². The van der Waals surface area contributed by atoms with Gasteiger partial charge >= 0.3 is 0 Å². The van der Waals surface area contributed by atoms with Crippen LogP contribution < -0.4 is 27.1 Å². The van der Waals surface area contributed by atoms with Crippen LogP contribution in [0.3, 0.4) is 0 Å². The predicted octanol–water partition coefficient (Wildman–Crippen LogP) is -0.769. The number of carbonyl (C=O) groups excluding carboxylic acids is 2. The number of hydrogen-bond acceptors (Lipinski definition) is 7. The zero-order valence-electron chi connectivity index (χ0n) is 18.1. The van der Waals surface area contributed by atoms with Crippen LogP contribution in [0.4, 0.5) is 5.69 Å². The number of aryl methyl sites for hydroxylation is 1. The number of sulfonamides is 1. The zero-order valence-corrected chi connectivity index (χ0v) is 18.9. The van der Waals surface area contributed by atoms with Crippen LogP contribution in [0.2, 0.25) is 0 Å². The molecule has 0 radical (unpaired) electrons. The molecule has 0 spiro atoms. The van der Waals surface area contributed by atoms with Crippen LogP contribution in [0.5, 0.6) is 0 Å². The van der Waals surface area contributed by atoms with Crippen molar-refractivity contribution >= 4 is 33.9 Å². The van der Waals surface area contributed by atoms with Crippen LogP contribution in [0, 0.1) is 6.92 Å². The summed E-state index contributed by atoms with van der Waals surface area (Å²) in [7, 11) is -3.89.